The molecular formula is C16H20N6O4S. The zero-order valence-corrected chi connectivity index (χ0v) is 15.4. The van der Waals surface area contributed by atoms with Crippen molar-refractivity contribution < 1.29 is 13.3 Å². The molecule has 0 aliphatic rings. The molecule has 0 unspecified atom stereocenters. The number of hydrogen-bond donors (Lipinski definition) is 3. The van der Waals surface area contributed by atoms with E-state index in [1.807, 2.05) is 18.2 Å². The van der Waals surface area contributed by atoms with Crippen LogP contribution in [0.15, 0.2) is 58.5 Å². The highest BCUT2D eigenvalue weighted by molar-refractivity contribution is 7.89. The van der Waals surface area contributed by atoms with E-state index in [2.05, 4.69) is 25.3 Å². The highest BCUT2D eigenvalue weighted by atomic mass is 32.2. The summed E-state index contributed by atoms with van der Waals surface area (Å²) in [5, 5.41) is 16.8. The second kappa shape index (κ2) is 9.59. The molecule has 1 aromatic carbocycles. The number of nitrogens with zero attached hydrogens (tertiary/aromatic N) is 3. The molecule has 27 heavy (non-hydrogen) atoms. The molecular weight excluding hydrogens is 372 g/mol. The number of nitro groups is 1. The molecule has 2 aromatic rings. The van der Waals surface area contributed by atoms with Crippen LogP contribution in [-0.4, -0.2) is 44.4 Å². The van der Waals surface area contributed by atoms with Crippen molar-refractivity contribution in [3.05, 3.63) is 64.5 Å². The fourth-order valence-corrected chi connectivity index (χ4v) is 3.18. The zero-order valence-electron chi connectivity index (χ0n) is 14.6. The maximum atomic E-state index is 12.2. The summed E-state index contributed by atoms with van der Waals surface area (Å²) in [7, 11) is -2.24. The third kappa shape index (κ3) is 6.31. The van der Waals surface area contributed by atoms with E-state index in [-0.39, 0.29) is 23.7 Å². The number of rotatable bonds is 8. The summed E-state index contributed by atoms with van der Waals surface area (Å²) in [5.41, 5.74) is 0.557. The average Bonchev–Trinajstić information content (AvgIpc) is 2.68. The summed E-state index contributed by atoms with van der Waals surface area (Å²) in [5.74, 6) is 0.496. The summed E-state index contributed by atoms with van der Waals surface area (Å²) in [6.45, 7) is 0.825. The number of benzene rings is 1. The van der Waals surface area contributed by atoms with Gasteiger partial charge in [0.1, 0.15) is 0 Å². The predicted molar refractivity (Wildman–Crippen MR) is 101 cm³/mol. The molecule has 1 aromatic heterocycles. The van der Waals surface area contributed by atoms with Crippen molar-refractivity contribution in [1.29, 1.82) is 0 Å². The molecule has 0 radical (unpaired) electrons. The van der Waals surface area contributed by atoms with E-state index < -0.39 is 14.9 Å². The lowest BCUT2D eigenvalue weighted by atomic mass is 10.3. The van der Waals surface area contributed by atoms with Gasteiger partial charge in [0.05, 0.1) is 22.1 Å². The van der Waals surface area contributed by atoms with Gasteiger partial charge in [-0.25, -0.2) is 13.1 Å². The van der Waals surface area contributed by atoms with E-state index in [9.17, 15) is 18.5 Å². The van der Waals surface area contributed by atoms with Crippen LogP contribution in [0.5, 0.6) is 0 Å². The van der Waals surface area contributed by atoms with E-state index in [1.165, 1.54) is 18.2 Å². The second-order valence-electron chi connectivity index (χ2n) is 5.33. The first kappa shape index (κ1) is 20.3. The number of non-ortho nitro benzene ring substituents is 1. The van der Waals surface area contributed by atoms with E-state index in [0.717, 1.165) is 11.8 Å². The van der Waals surface area contributed by atoms with Crippen LogP contribution in [-0.2, 0) is 16.6 Å². The maximum absolute atomic E-state index is 12.2. The number of hydrogen-bond acceptors (Lipinski definition) is 6. The monoisotopic (exact) mass is 392 g/mol. The van der Waals surface area contributed by atoms with Gasteiger partial charge in [0.25, 0.3) is 5.69 Å². The summed E-state index contributed by atoms with van der Waals surface area (Å²) < 4.78 is 26.8. The normalized spacial score (nSPS) is 11.8. The fourth-order valence-electron chi connectivity index (χ4n) is 2.11. The van der Waals surface area contributed by atoms with E-state index >= 15 is 0 Å². The lowest BCUT2D eigenvalue weighted by Crippen LogP contribution is -2.41. The molecule has 0 saturated heterocycles. The van der Waals surface area contributed by atoms with Crippen molar-refractivity contribution in [2.75, 3.05) is 20.1 Å². The van der Waals surface area contributed by atoms with Crippen LogP contribution >= 0.6 is 0 Å². The number of aromatic nitrogens is 1. The Morgan fingerprint density at radius 1 is 1.19 bits per heavy atom. The van der Waals surface area contributed by atoms with Gasteiger partial charge in [-0.15, -0.1) is 0 Å². The summed E-state index contributed by atoms with van der Waals surface area (Å²) in [6, 6.07) is 10.5. The van der Waals surface area contributed by atoms with Gasteiger partial charge in [0.15, 0.2) is 5.96 Å². The Morgan fingerprint density at radius 2 is 2.00 bits per heavy atom. The topological polar surface area (TPSA) is 139 Å². The van der Waals surface area contributed by atoms with Gasteiger partial charge in [0, 0.05) is 38.5 Å². The fraction of sp³-hybridized carbons (Fsp3) is 0.250. The first-order chi connectivity index (χ1) is 12.9. The number of nitro benzene ring substituents is 1. The van der Waals surface area contributed by atoms with Crippen LogP contribution < -0.4 is 15.4 Å². The number of pyridine rings is 1. The summed E-state index contributed by atoms with van der Waals surface area (Å²) >= 11 is 0. The van der Waals surface area contributed by atoms with Crippen LogP contribution in [0, 0.1) is 10.1 Å². The molecule has 0 bridgehead atoms. The molecule has 0 amide bonds. The van der Waals surface area contributed by atoms with Gasteiger partial charge in [0.2, 0.25) is 10.0 Å². The van der Waals surface area contributed by atoms with Gasteiger partial charge >= 0.3 is 0 Å². The lowest BCUT2D eigenvalue weighted by molar-refractivity contribution is -0.385. The molecule has 2 rings (SSSR count). The van der Waals surface area contributed by atoms with Crippen molar-refractivity contribution in [2.24, 2.45) is 4.99 Å². The van der Waals surface area contributed by atoms with Crippen molar-refractivity contribution in [2.45, 2.75) is 11.4 Å². The standard InChI is InChI=1S/C16H20N6O4S/c1-17-16(20-12-13-5-2-3-8-18-13)19-9-10-21-27(25,26)15-7-4-6-14(11-15)22(23)24/h2-8,11,21H,9-10,12H2,1H3,(H2,17,19,20). The first-order valence-corrected chi connectivity index (χ1v) is 9.49. The Kier molecular flexibility index (Phi) is 7.20. The van der Waals surface area contributed by atoms with Gasteiger partial charge in [-0.2, -0.15) is 0 Å². The van der Waals surface area contributed by atoms with Gasteiger partial charge in [-0.05, 0) is 18.2 Å². The molecule has 3 N–H and O–H groups in total. The second-order valence-corrected chi connectivity index (χ2v) is 7.09. The average molecular weight is 392 g/mol. The minimum atomic E-state index is -3.84. The van der Waals surface area contributed by atoms with Crippen molar-refractivity contribution in [1.82, 2.24) is 20.3 Å². The Labute approximate surface area is 156 Å². The summed E-state index contributed by atoms with van der Waals surface area (Å²) in [4.78, 5) is 18.2. The van der Waals surface area contributed by atoms with Crippen LogP contribution in [0.3, 0.4) is 0 Å². The molecule has 10 nitrogen and oxygen atoms in total. The lowest BCUT2D eigenvalue weighted by Gasteiger charge is -2.12. The van der Waals surface area contributed by atoms with Crippen molar-refractivity contribution in [3.8, 4) is 0 Å². The minimum Gasteiger partial charge on any atom is -0.355 e. The van der Waals surface area contributed by atoms with E-state index in [1.54, 1.807) is 13.2 Å². The first-order valence-electron chi connectivity index (χ1n) is 8.01. The predicted octanol–water partition coefficient (Wildman–Crippen LogP) is 0.633. The highest BCUT2D eigenvalue weighted by Gasteiger charge is 2.17. The molecule has 0 aliphatic carbocycles. The largest absolute Gasteiger partial charge is 0.355 e. The maximum Gasteiger partial charge on any atom is 0.270 e. The highest BCUT2D eigenvalue weighted by Crippen LogP contribution is 2.16. The smallest absolute Gasteiger partial charge is 0.270 e. The van der Waals surface area contributed by atoms with Crippen LogP contribution in [0.25, 0.3) is 0 Å². The Morgan fingerprint density at radius 3 is 2.67 bits per heavy atom. The molecule has 144 valence electrons. The molecule has 0 aliphatic heterocycles. The van der Waals surface area contributed by atoms with Crippen LogP contribution in [0.4, 0.5) is 5.69 Å². The Bertz CT molecular complexity index is 902. The molecule has 0 atom stereocenters. The molecule has 0 saturated carbocycles. The summed E-state index contributed by atoms with van der Waals surface area (Å²) in [6.07, 6.45) is 1.69. The van der Waals surface area contributed by atoms with Crippen molar-refractivity contribution >= 4 is 21.7 Å². The van der Waals surface area contributed by atoms with Crippen molar-refractivity contribution in [3.63, 3.8) is 0 Å². The van der Waals surface area contributed by atoms with E-state index in [0.29, 0.717) is 12.5 Å². The molecule has 0 spiro atoms. The SMILES string of the molecule is CN=C(NCCNS(=O)(=O)c1cccc([N+](=O)[O-])c1)NCc1ccccn1. The van der Waals surface area contributed by atoms with Crippen LogP contribution in [0.2, 0.25) is 0 Å². The molecule has 1 heterocycles. The van der Waals surface area contributed by atoms with Gasteiger partial charge in [-0.3, -0.25) is 20.1 Å². The quantitative estimate of drug-likeness (QED) is 0.197. The molecule has 11 heteroatoms. The number of nitrogens with one attached hydrogen (secondary N) is 3. The van der Waals surface area contributed by atoms with E-state index in [4.69, 9.17) is 0 Å². The molecule has 0 fully saturated rings. The number of aliphatic imine (C=N–C) groups is 1. The minimum absolute atomic E-state index is 0.0787. The third-order valence-corrected chi connectivity index (χ3v) is 4.89. The Hall–Kier alpha value is -3.05. The number of guanidine groups is 1. The van der Waals surface area contributed by atoms with Gasteiger partial charge < -0.3 is 10.6 Å². The van der Waals surface area contributed by atoms with Gasteiger partial charge in [-0.1, -0.05) is 12.1 Å². The Balaban J connectivity index is 1.82. The number of sulfonamides is 1. The third-order valence-electron chi connectivity index (χ3n) is 3.43. The van der Waals surface area contributed by atoms with Crippen LogP contribution in [0.1, 0.15) is 5.69 Å². The zero-order chi connectivity index (χ0) is 19.7.